The molecule has 0 aliphatic heterocycles. The lowest BCUT2D eigenvalue weighted by Crippen LogP contribution is -2.51. The minimum atomic E-state index is -0.784. The molecule has 2 N–H and O–H groups in total. The summed E-state index contributed by atoms with van der Waals surface area (Å²) in [4.78, 5) is 33.8. The molecule has 1 aromatic heterocycles. The Hall–Kier alpha value is -3.48. The van der Waals surface area contributed by atoms with Gasteiger partial charge in [0.15, 0.2) is 0 Å². The Bertz CT molecular complexity index is 1270. The molecular weight excluding hydrogens is 490 g/mol. The number of H-pyrrole nitrogens is 1. The predicted molar refractivity (Wildman–Crippen MR) is 153 cm³/mol. The molecule has 2 fully saturated rings. The van der Waals surface area contributed by atoms with Gasteiger partial charge in [-0.3, -0.25) is 9.59 Å². The van der Waals surface area contributed by atoms with Crippen LogP contribution in [-0.4, -0.2) is 48.0 Å². The molecule has 2 saturated carbocycles. The molecule has 2 aliphatic rings. The topological polar surface area (TPSA) is 83.7 Å². The first-order valence-electron chi connectivity index (χ1n) is 14.5. The standard InChI is InChI=1S/C32H41N3O4/c1-38-25-17-18-27(29(20-25)39-2)31(32(37)34-23-11-5-3-6-12-23)35(24-13-7-4-8-14-24)30(36)19-22-21-33-28-16-10-9-15-26(22)28/h9-10,15-18,20-21,23-24,31,33H,3-8,11-14,19H2,1-2H3,(H,34,37)/t31-/m1/s1. The molecule has 3 aromatic rings. The average molecular weight is 532 g/mol. The highest BCUT2D eigenvalue weighted by Crippen LogP contribution is 2.38. The number of amides is 2. The first-order valence-corrected chi connectivity index (χ1v) is 14.5. The van der Waals surface area contributed by atoms with Crippen LogP contribution in [-0.2, 0) is 16.0 Å². The van der Waals surface area contributed by atoms with E-state index in [0.29, 0.717) is 17.1 Å². The van der Waals surface area contributed by atoms with Crippen LogP contribution < -0.4 is 14.8 Å². The zero-order valence-corrected chi connectivity index (χ0v) is 23.2. The fourth-order valence-electron chi connectivity index (χ4n) is 6.44. The number of para-hydroxylation sites is 1. The quantitative estimate of drug-likeness (QED) is 0.351. The van der Waals surface area contributed by atoms with Gasteiger partial charge in [0.1, 0.15) is 17.5 Å². The molecule has 7 nitrogen and oxygen atoms in total. The van der Waals surface area contributed by atoms with E-state index in [2.05, 4.69) is 10.3 Å². The van der Waals surface area contributed by atoms with Crippen LogP contribution in [0.2, 0.25) is 0 Å². The van der Waals surface area contributed by atoms with Gasteiger partial charge >= 0.3 is 0 Å². The molecule has 0 unspecified atom stereocenters. The molecule has 0 bridgehead atoms. The summed E-state index contributed by atoms with van der Waals surface area (Å²) >= 11 is 0. The van der Waals surface area contributed by atoms with Crippen LogP contribution >= 0.6 is 0 Å². The number of nitrogens with one attached hydrogen (secondary N) is 2. The van der Waals surface area contributed by atoms with Crippen LogP contribution in [0.1, 0.15) is 81.4 Å². The van der Waals surface area contributed by atoms with E-state index in [1.54, 1.807) is 20.3 Å². The lowest BCUT2D eigenvalue weighted by atomic mass is 9.90. The number of fused-ring (bicyclic) bond motifs is 1. The molecule has 0 radical (unpaired) electrons. The Morgan fingerprint density at radius 3 is 2.38 bits per heavy atom. The normalized spacial score (nSPS) is 17.5. The van der Waals surface area contributed by atoms with E-state index in [-0.39, 0.29) is 30.3 Å². The minimum Gasteiger partial charge on any atom is -0.497 e. The first kappa shape index (κ1) is 27.1. The second-order valence-electron chi connectivity index (χ2n) is 11.0. The van der Waals surface area contributed by atoms with E-state index in [4.69, 9.17) is 9.47 Å². The number of aromatic amines is 1. The van der Waals surface area contributed by atoms with Crippen LogP contribution in [0.25, 0.3) is 10.9 Å². The van der Waals surface area contributed by atoms with Crippen molar-refractivity contribution in [3.63, 3.8) is 0 Å². The summed E-state index contributed by atoms with van der Waals surface area (Å²) < 4.78 is 11.2. The van der Waals surface area contributed by atoms with Crippen LogP contribution in [0.4, 0.5) is 0 Å². The van der Waals surface area contributed by atoms with E-state index in [1.807, 2.05) is 47.5 Å². The van der Waals surface area contributed by atoms with Gasteiger partial charge in [0.2, 0.25) is 11.8 Å². The maximum Gasteiger partial charge on any atom is 0.247 e. The Labute approximate surface area is 231 Å². The van der Waals surface area contributed by atoms with Gasteiger partial charge in [-0.25, -0.2) is 0 Å². The van der Waals surface area contributed by atoms with Crippen LogP contribution in [0.5, 0.6) is 11.5 Å². The van der Waals surface area contributed by atoms with E-state index in [1.165, 1.54) is 6.42 Å². The van der Waals surface area contributed by atoms with Gasteiger partial charge in [-0.05, 0) is 49.4 Å². The van der Waals surface area contributed by atoms with Gasteiger partial charge in [0.25, 0.3) is 0 Å². The Balaban J connectivity index is 1.55. The summed E-state index contributed by atoms with van der Waals surface area (Å²) in [5.74, 6) is 1.05. The van der Waals surface area contributed by atoms with Gasteiger partial charge in [0.05, 0.1) is 20.6 Å². The van der Waals surface area contributed by atoms with E-state index in [0.717, 1.165) is 74.3 Å². The average Bonchev–Trinajstić information content (AvgIpc) is 3.39. The first-order chi connectivity index (χ1) is 19.1. The van der Waals surface area contributed by atoms with Crippen molar-refractivity contribution in [2.24, 2.45) is 0 Å². The smallest absolute Gasteiger partial charge is 0.247 e. The monoisotopic (exact) mass is 531 g/mol. The van der Waals surface area contributed by atoms with Crippen molar-refractivity contribution in [3.05, 3.63) is 59.8 Å². The molecule has 7 heteroatoms. The lowest BCUT2D eigenvalue weighted by molar-refractivity contribution is -0.144. The molecule has 2 amide bonds. The number of hydrogen-bond acceptors (Lipinski definition) is 4. The van der Waals surface area contributed by atoms with E-state index in [9.17, 15) is 9.59 Å². The van der Waals surface area contributed by atoms with Crippen molar-refractivity contribution < 1.29 is 19.1 Å². The molecular formula is C32H41N3O4. The zero-order valence-electron chi connectivity index (χ0n) is 23.2. The van der Waals surface area contributed by atoms with Crippen molar-refractivity contribution in [2.75, 3.05) is 14.2 Å². The number of hydrogen-bond donors (Lipinski definition) is 2. The molecule has 0 saturated heterocycles. The lowest BCUT2D eigenvalue weighted by Gasteiger charge is -2.40. The number of benzene rings is 2. The largest absolute Gasteiger partial charge is 0.497 e. The number of rotatable bonds is 9. The van der Waals surface area contributed by atoms with Gasteiger partial charge in [-0.2, -0.15) is 0 Å². The van der Waals surface area contributed by atoms with Gasteiger partial charge in [-0.15, -0.1) is 0 Å². The maximum absolute atomic E-state index is 14.4. The van der Waals surface area contributed by atoms with Gasteiger partial charge in [-0.1, -0.05) is 56.7 Å². The summed E-state index contributed by atoms with van der Waals surface area (Å²) in [6.07, 6.45) is 12.6. The van der Waals surface area contributed by atoms with E-state index < -0.39 is 6.04 Å². The molecule has 2 aromatic carbocycles. The molecule has 1 heterocycles. The Morgan fingerprint density at radius 1 is 0.949 bits per heavy atom. The molecule has 2 aliphatic carbocycles. The van der Waals surface area contributed by atoms with Crippen LogP contribution in [0, 0.1) is 0 Å². The van der Waals surface area contributed by atoms with Crippen molar-refractivity contribution in [2.45, 2.75) is 88.8 Å². The van der Waals surface area contributed by atoms with E-state index >= 15 is 0 Å². The van der Waals surface area contributed by atoms with Gasteiger partial charge in [0, 0.05) is 40.8 Å². The molecule has 1 atom stereocenters. The second-order valence-corrected chi connectivity index (χ2v) is 11.0. The number of nitrogens with zero attached hydrogens (tertiary/aromatic N) is 1. The summed E-state index contributed by atoms with van der Waals surface area (Å²) in [7, 11) is 3.22. The SMILES string of the molecule is COc1ccc([C@H](C(=O)NC2CCCCC2)N(C(=O)Cc2c[nH]c3ccccc23)C2CCCCC2)c(OC)c1. The van der Waals surface area contributed by atoms with Crippen LogP contribution in [0.15, 0.2) is 48.7 Å². The summed E-state index contributed by atoms with van der Waals surface area (Å²) in [5, 5.41) is 4.38. The molecule has 39 heavy (non-hydrogen) atoms. The zero-order chi connectivity index (χ0) is 27.2. The fraction of sp³-hybridized carbons (Fsp3) is 0.500. The van der Waals surface area contributed by atoms with Crippen LogP contribution in [0.3, 0.4) is 0 Å². The highest BCUT2D eigenvalue weighted by molar-refractivity contribution is 5.93. The molecule has 5 rings (SSSR count). The Morgan fingerprint density at radius 2 is 1.67 bits per heavy atom. The Kier molecular flexibility index (Phi) is 8.74. The summed E-state index contributed by atoms with van der Waals surface area (Å²) in [6.45, 7) is 0. The third kappa shape index (κ3) is 6.07. The number of carbonyl (C=O) groups excluding carboxylic acids is 2. The number of methoxy groups -OCH3 is 2. The second kappa shape index (κ2) is 12.6. The van der Waals surface area contributed by atoms with Crippen molar-refractivity contribution in [1.29, 1.82) is 0 Å². The predicted octanol–water partition coefficient (Wildman–Crippen LogP) is 6.08. The highest BCUT2D eigenvalue weighted by Gasteiger charge is 2.39. The molecule has 208 valence electrons. The summed E-state index contributed by atoms with van der Waals surface area (Å²) in [5.41, 5.74) is 2.65. The summed E-state index contributed by atoms with van der Waals surface area (Å²) in [6, 6.07) is 12.9. The molecule has 0 spiro atoms. The number of ether oxygens (including phenoxy) is 2. The third-order valence-corrected chi connectivity index (χ3v) is 8.49. The minimum absolute atomic E-state index is 0.00892. The van der Waals surface area contributed by atoms with Crippen molar-refractivity contribution in [1.82, 2.24) is 15.2 Å². The number of carbonyl (C=O) groups is 2. The third-order valence-electron chi connectivity index (χ3n) is 8.49. The van der Waals surface area contributed by atoms with Crippen molar-refractivity contribution in [3.8, 4) is 11.5 Å². The highest BCUT2D eigenvalue weighted by atomic mass is 16.5. The number of aromatic nitrogens is 1. The maximum atomic E-state index is 14.4. The van der Waals surface area contributed by atoms with Crippen molar-refractivity contribution >= 4 is 22.7 Å². The fourth-order valence-corrected chi connectivity index (χ4v) is 6.44. The van der Waals surface area contributed by atoms with Gasteiger partial charge < -0.3 is 24.7 Å².